The first-order valence-corrected chi connectivity index (χ1v) is 5.18. The lowest BCUT2D eigenvalue weighted by Gasteiger charge is -2.19. The Labute approximate surface area is 92.2 Å². The number of hydrogen-bond donors (Lipinski definition) is 1. The largest absolute Gasteiger partial charge is 0.444 e. The van der Waals surface area contributed by atoms with Crippen molar-refractivity contribution < 1.29 is 9.53 Å². The maximum atomic E-state index is 11.3. The Bertz CT molecular complexity index is 259. The zero-order valence-corrected chi connectivity index (χ0v) is 10.3. The average Bonchev–Trinajstić information content (AvgIpc) is 2.00. The summed E-state index contributed by atoms with van der Waals surface area (Å²) in [7, 11) is 0. The Morgan fingerprint density at radius 2 is 2.00 bits per heavy atom. The number of ether oxygens (including phenoxy) is 1. The van der Waals surface area contributed by atoms with E-state index < -0.39 is 11.7 Å². The summed E-state index contributed by atoms with van der Waals surface area (Å²) in [5.41, 5.74) is 0.317. The summed E-state index contributed by atoms with van der Waals surface area (Å²) in [4.78, 5) is 11.3. The van der Waals surface area contributed by atoms with E-state index in [0.717, 1.165) is 12.1 Å². The summed E-state index contributed by atoms with van der Waals surface area (Å²) in [6, 6.07) is 0. The van der Waals surface area contributed by atoms with Crippen molar-refractivity contribution >= 4 is 6.09 Å². The van der Waals surface area contributed by atoms with Crippen LogP contribution in [0.1, 0.15) is 41.0 Å². The van der Waals surface area contributed by atoms with Crippen molar-refractivity contribution in [1.82, 2.24) is 5.32 Å². The minimum Gasteiger partial charge on any atom is -0.444 e. The number of nitrogens with one attached hydrogen (secondary N) is 1. The van der Waals surface area contributed by atoms with E-state index in [9.17, 15) is 4.79 Å². The normalized spacial score (nSPS) is 13.0. The van der Waals surface area contributed by atoms with Gasteiger partial charge in [-0.2, -0.15) is 0 Å². The molecule has 0 aromatic heterocycles. The van der Waals surface area contributed by atoms with E-state index in [1.54, 1.807) is 0 Å². The first kappa shape index (κ1) is 13.8. The predicted molar refractivity (Wildman–Crippen MR) is 62.6 cm³/mol. The summed E-state index contributed by atoms with van der Waals surface area (Å²) >= 11 is 0. The molecule has 0 aliphatic rings. The van der Waals surface area contributed by atoms with Gasteiger partial charge in [0, 0.05) is 5.70 Å². The van der Waals surface area contributed by atoms with Crippen LogP contribution in [0.2, 0.25) is 0 Å². The van der Waals surface area contributed by atoms with Crippen molar-refractivity contribution in [3.63, 3.8) is 0 Å². The molecule has 1 amide bonds. The molecule has 3 heteroatoms. The van der Waals surface area contributed by atoms with E-state index in [1.807, 2.05) is 45.9 Å². The second kappa shape index (κ2) is 6.27. The molecule has 0 aliphatic carbocycles. The number of rotatable bonds is 3. The highest BCUT2D eigenvalue weighted by atomic mass is 16.6. The van der Waals surface area contributed by atoms with E-state index >= 15 is 0 Å². The number of carbonyl (C=O) groups excluding carboxylic acids is 1. The zero-order chi connectivity index (χ0) is 11.9. The second-order valence-corrected chi connectivity index (χ2v) is 4.31. The third-order valence-electron chi connectivity index (χ3n) is 1.42. The highest BCUT2D eigenvalue weighted by Gasteiger charge is 2.15. The van der Waals surface area contributed by atoms with Crippen LogP contribution in [0, 0.1) is 0 Å². The van der Waals surface area contributed by atoms with Gasteiger partial charge in [0.05, 0.1) is 0 Å². The van der Waals surface area contributed by atoms with E-state index in [0.29, 0.717) is 0 Å². The number of allylic oxidation sites excluding steroid dienone is 4. The molecule has 0 rings (SSSR count). The van der Waals surface area contributed by atoms with Gasteiger partial charge in [-0.05, 0) is 40.2 Å². The van der Waals surface area contributed by atoms with E-state index in [2.05, 4.69) is 12.2 Å². The minimum absolute atomic E-state index is 0.416. The molecular formula is C12H21NO2. The molecule has 1 N–H and O–H groups in total. The van der Waals surface area contributed by atoms with Crippen molar-refractivity contribution in [3.05, 3.63) is 23.9 Å². The lowest BCUT2D eigenvalue weighted by atomic mass is 10.2. The quantitative estimate of drug-likeness (QED) is 0.727. The molecule has 0 aliphatic heterocycles. The fourth-order valence-electron chi connectivity index (χ4n) is 0.855. The Morgan fingerprint density at radius 1 is 1.40 bits per heavy atom. The second-order valence-electron chi connectivity index (χ2n) is 4.31. The van der Waals surface area contributed by atoms with E-state index in [4.69, 9.17) is 4.74 Å². The van der Waals surface area contributed by atoms with Gasteiger partial charge in [0.15, 0.2) is 0 Å². The van der Waals surface area contributed by atoms with Crippen molar-refractivity contribution in [1.29, 1.82) is 0 Å². The number of hydrogen-bond acceptors (Lipinski definition) is 2. The predicted octanol–water partition coefficient (Wildman–Crippen LogP) is 3.38. The highest BCUT2D eigenvalue weighted by Crippen LogP contribution is 2.06. The molecule has 0 saturated heterocycles. The third kappa shape index (κ3) is 9.06. The Hall–Kier alpha value is -1.25. The number of amides is 1. The average molecular weight is 211 g/mol. The molecule has 3 nitrogen and oxygen atoms in total. The standard InChI is InChI=1S/C12H21NO2/c1-6-7-8-9-10(2)13-11(14)15-12(3,4)5/h7-9H,6H2,1-5H3,(H,13,14)/b8-7-,10-9+. The van der Waals surface area contributed by atoms with Crippen LogP contribution in [0.3, 0.4) is 0 Å². The van der Waals surface area contributed by atoms with Crippen LogP contribution in [0.25, 0.3) is 0 Å². The molecule has 0 heterocycles. The Morgan fingerprint density at radius 3 is 2.47 bits per heavy atom. The molecule has 0 aromatic carbocycles. The van der Waals surface area contributed by atoms with Gasteiger partial charge in [-0.15, -0.1) is 0 Å². The molecular weight excluding hydrogens is 190 g/mol. The van der Waals surface area contributed by atoms with Crippen molar-refractivity contribution in [2.75, 3.05) is 0 Å². The molecule has 15 heavy (non-hydrogen) atoms. The summed E-state index contributed by atoms with van der Waals surface area (Å²) in [5, 5.41) is 2.64. The Kier molecular flexibility index (Phi) is 5.75. The van der Waals surface area contributed by atoms with Crippen LogP contribution in [0.15, 0.2) is 23.9 Å². The number of carbonyl (C=O) groups is 1. The summed E-state index contributed by atoms with van der Waals surface area (Å²) in [6.07, 6.45) is 6.33. The first-order valence-electron chi connectivity index (χ1n) is 5.18. The van der Waals surface area contributed by atoms with Gasteiger partial charge < -0.3 is 4.74 Å². The van der Waals surface area contributed by atoms with Crippen molar-refractivity contribution in [2.45, 2.75) is 46.6 Å². The molecule has 0 atom stereocenters. The van der Waals surface area contributed by atoms with Gasteiger partial charge in [-0.25, -0.2) is 4.79 Å². The SMILES string of the molecule is CC/C=C\C=C(/C)NC(=O)OC(C)(C)C. The molecule has 0 unspecified atom stereocenters. The molecule has 0 radical (unpaired) electrons. The maximum absolute atomic E-state index is 11.3. The van der Waals surface area contributed by atoms with Crippen LogP contribution < -0.4 is 5.32 Å². The van der Waals surface area contributed by atoms with Crippen LogP contribution in [-0.2, 0) is 4.74 Å². The van der Waals surface area contributed by atoms with Crippen LogP contribution in [0.4, 0.5) is 4.79 Å². The van der Waals surface area contributed by atoms with E-state index in [1.165, 1.54) is 0 Å². The monoisotopic (exact) mass is 211 g/mol. The molecule has 0 bridgehead atoms. The molecule has 0 fully saturated rings. The van der Waals surface area contributed by atoms with Gasteiger partial charge in [0.2, 0.25) is 0 Å². The topological polar surface area (TPSA) is 38.3 Å². The smallest absolute Gasteiger partial charge is 0.411 e. The summed E-state index contributed by atoms with van der Waals surface area (Å²) in [6.45, 7) is 9.39. The fraction of sp³-hybridized carbons (Fsp3) is 0.583. The zero-order valence-electron chi connectivity index (χ0n) is 10.3. The van der Waals surface area contributed by atoms with Gasteiger partial charge in [0.25, 0.3) is 0 Å². The molecule has 0 spiro atoms. The molecule has 0 aromatic rings. The lowest BCUT2D eigenvalue weighted by Crippen LogP contribution is -2.31. The Balaban J connectivity index is 4.07. The maximum Gasteiger partial charge on any atom is 0.411 e. The van der Waals surface area contributed by atoms with Crippen LogP contribution >= 0.6 is 0 Å². The van der Waals surface area contributed by atoms with Crippen LogP contribution in [0.5, 0.6) is 0 Å². The summed E-state index contributed by atoms with van der Waals surface area (Å²) in [5.74, 6) is 0. The third-order valence-corrected chi connectivity index (χ3v) is 1.42. The highest BCUT2D eigenvalue weighted by molar-refractivity contribution is 5.69. The van der Waals surface area contributed by atoms with Crippen molar-refractivity contribution in [2.24, 2.45) is 0 Å². The first-order chi connectivity index (χ1) is 6.85. The molecule has 86 valence electrons. The van der Waals surface area contributed by atoms with Crippen LogP contribution in [-0.4, -0.2) is 11.7 Å². The fourth-order valence-corrected chi connectivity index (χ4v) is 0.855. The van der Waals surface area contributed by atoms with Gasteiger partial charge in [-0.1, -0.05) is 19.1 Å². The lowest BCUT2D eigenvalue weighted by molar-refractivity contribution is 0.0546. The number of alkyl carbamates (subject to hydrolysis) is 1. The molecule has 0 saturated carbocycles. The summed E-state index contributed by atoms with van der Waals surface area (Å²) < 4.78 is 5.10. The van der Waals surface area contributed by atoms with Crippen molar-refractivity contribution in [3.8, 4) is 0 Å². The minimum atomic E-state index is -0.455. The van der Waals surface area contributed by atoms with E-state index in [-0.39, 0.29) is 0 Å². The van der Waals surface area contributed by atoms with Gasteiger partial charge in [-0.3, -0.25) is 5.32 Å². The van der Waals surface area contributed by atoms with Gasteiger partial charge >= 0.3 is 6.09 Å². The van der Waals surface area contributed by atoms with Gasteiger partial charge in [0.1, 0.15) is 5.60 Å².